The van der Waals surface area contributed by atoms with Crippen molar-refractivity contribution in [3.8, 4) is 5.95 Å². The highest BCUT2D eigenvalue weighted by Gasteiger charge is 2.24. The van der Waals surface area contributed by atoms with Crippen LogP contribution in [0.2, 0.25) is 0 Å². The lowest BCUT2D eigenvalue weighted by Crippen LogP contribution is -2.46. The van der Waals surface area contributed by atoms with Crippen molar-refractivity contribution in [1.29, 1.82) is 0 Å². The molecule has 2 aliphatic rings. The van der Waals surface area contributed by atoms with Gasteiger partial charge in [0.2, 0.25) is 0 Å². The third kappa shape index (κ3) is 6.01. The zero-order valence-corrected chi connectivity index (χ0v) is 18.7. The fourth-order valence-corrected chi connectivity index (χ4v) is 4.27. The Hall–Kier alpha value is -1.47. The molecule has 2 saturated heterocycles. The first-order valence-electron chi connectivity index (χ1n) is 10.3. The van der Waals surface area contributed by atoms with Crippen LogP contribution in [0.1, 0.15) is 43.4 Å². The van der Waals surface area contributed by atoms with Crippen LogP contribution in [0.4, 0.5) is 0 Å². The monoisotopic (exact) mass is 438 g/mol. The minimum atomic E-state index is 0. The Labute approximate surface area is 186 Å². The van der Waals surface area contributed by atoms with E-state index in [-0.39, 0.29) is 24.8 Å². The molecule has 0 spiro atoms. The molecule has 4 rings (SSSR count). The van der Waals surface area contributed by atoms with Gasteiger partial charge in [-0.05, 0) is 64.9 Å². The van der Waals surface area contributed by atoms with Crippen molar-refractivity contribution < 1.29 is 0 Å². The molecular formula is C21H32Cl2N6. The lowest BCUT2D eigenvalue weighted by molar-refractivity contribution is 0.0975. The predicted molar refractivity (Wildman–Crippen MR) is 122 cm³/mol. The molecule has 2 aromatic heterocycles. The largest absolute Gasteiger partial charge is 0.300 e. The minimum Gasteiger partial charge on any atom is -0.300 e. The molecule has 0 saturated carbocycles. The van der Waals surface area contributed by atoms with Crippen LogP contribution >= 0.6 is 24.8 Å². The lowest BCUT2D eigenvalue weighted by atomic mass is 10.00. The van der Waals surface area contributed by atoms with E-state index in [0.29, 0.717) is 5.95 Å². The van der Waals surface area contributed by atoms with Crippen LogP contribution in [0.25, 0.3) is 12.0 Å². The summed E-state index contributed by atoms with van der Waals surface area (Å²) in [4.78, 5) is 13.9. The summed E-state index contributed by atoms with van der Waals surface area (Å²) in [6, 6.07) is 2.63. The summed E-state index contributed by atoms with van der Waals surface area (Å²) >= 11 is 0. The van der Waals surface area contributed by atoms with Gasteiger partial charge in [0, 0.05) is 30.5 Å². The van der Waals surface area contributed by atoms with Crippen molar-refractivity contribution in [2.45, 2.75) is 45.1 Å². The first-order valence-corrected chi connectivity index (χ1v) is 10.3. The summed E-state index contributed by atoms with van der Waals surface area (Å²) in [7, 11) is 0. The summed E-state index contributed by atoms with van der Waals surface area (Å²) < 4.78 is 1.80. The van der Waals surface area contributed by atoms with E-state index in [2.05, 4.69) is 43.9 Å². The van der Waals surface area contributed by atoms with E-state index in [0.717, 1.165) is 23.8 Å². The van der Waals surface area contributed by atoms with Crippen LogP contribution in [0.5, 0.6) is 0 Å². The van der Waals surface area contributed by atoms with Gasteiger partial charge in [-0.1, -0.05) is 18.6 Å². The molecule has 160 valence electrons. The van der Waals surface area contributed by atoms with Crippen LogP contribution in [0.15, 0.2) is 30.7 Å². The SMILES string of the molecule is Cc1c(C=CCN2CCC(N3CCCCC3)CC2)cnn1-c1ncccn1.Cl.Cl. The second-order valence-corrected chi connectivity index (χ2v) is 7.68. The van der Waals surface area contributed by atoms with Crippen LogP contribution in [-0.2, 0) is 0 Å². The van der Waals surface area contributed by atoms with Crippen molar-refractivity contribution in [2.24, 2.45) is 0 Å². The number of hydrogen-bond donors (Lipinski definition) is 0. The molecule has 6 nitrogen and oxygen atoms in total. The fraction of sp³-hybridized carbons (Fsp3) is 0.571. The van der Waals surface area contributed by atoms with E-state index < -0.39 is 0 Å². The van der Waals surface area contributed by atoms with Crippen LogP contribution in [-0.4, -0.2) is 68.3 Å². The van der Waals surface area contributed by atoms with Gasteiger partial charge in [0.25, 0.3) is 5.95 Å². The molecule has 4 heterocycles. The third-order valence-corrected chi connectivity index (χ3v) is 5.91. The normalized spacial score (nSPS) is 19.1. The summed E-state index contributed by atoms with van der Waals surface area (Å²) in [6.45, 7) is 8.13. The van der Waals surface area contributed by atoms with Crippen LogP contribution in [0, 0.1) is 6.92 Å². The summed E-state index contributed by atoms with van der Waals surface area (Å²) in [5.41, 5.74) is 2.20. The molecule has 0 unspecified atom stereocenters. The Morgan fingerprint density at radius 1 is 1.00 bits per heavy atom. The molecule has 2 aliphatic heterocycles. The molecule has 29 heavy (non-hydrogen) atoms. The molecule has 0 bridgehead atoms. The molecule has 8 heteroatoms. The quantitative estimate of drug-likeness (QED) is 0.710. The smallest absolute Gasteiger partial charge is 0.250 e. The van der Waals surface area contributed by atoms with Crippen molar-refractivity contribution in [3.63, 3.8) is 0 Å². The van der Waals surface area contributed by atoms with Crippen molar-refractivity contribution in [3.05, 3.63) is 42.0 Å². The van der Waals surface area contributed by atoms with E-state index in [1.165, 1.54) is 58.3 Å². The molecule has 0 N–H and O–H groups in total. The number of rotatable bonds is 5. The van der Waals surface area contributed by atoms with Gasteiger partial charge < -0.3 is 4.90 Å². The minimum absolute atomic E-state index is 0. The highest BCUT2D eigenvalue weighted by Crippen LogP contribution is 2.21. The Balaban J connectivity index is 0.00000150. The highest BCUT2D eigenvalue weighted by molar-refractivity contribution is 5.85. The first kappa shape index (κ1) is 23.8. The topological polar surface area (TPSA) is 50.1 Å². The number of aromatic nitrogens is 4. The van der Waals surface area contributed by atoms with Gasteiger partial charge in [-0.15, -0.1) is 24.8 Å². The lowest BCUT2D eigenvalue weighted by Gasteiger charge is -2.40. The average Bonchev–Trinajstić information content (AvgIpc) is 3.10. The number of hydrogen-bond acceptors (Lipinski definition) is 5. The van der Waals surface area contributed by atoms with Gasteiger partial charge in [0.1, 0.15) is 0 Å². The van der Waals surface area contributed by atoms with Gasteiger partial charge in [-0.3, -0.25) is 4.90 Å². The molecule has 0 radical (unpaired) electrons. The molecule has 0 atom stereocenters. The molecular weight excluding hydrogens is 407 g/mol. The number of likely N-dealkylation sites (tertiary alicyclic amines) is 2. The summed E-state index contributed by atoms with van der Waals surface area (Å²) in [6.07, 6.45) is 16.7. The summed E-state index contributed by atoms with van der Waals surface area (Å²) in [5.74, 6) is 0.620. The Bertz CT molecular complexity index is 750. The predicted octanol–water partition coefficient (Wildman–Crippen LogP) is 3.78. The molecule has 0 aromatic carbocycles. The Morgan fingerprint density at radius 2 is 1.69 bits per heavy atom. The molecule has 2 aromatic rings. The van der Waals surface area contributed by atoms with Gasteiger partial charge in [0.15, 0.2) is 0 Å². The van der Waals surface area contributed by atoms with Crippen molar-refractivity contribution in [1.82, 2.24) is 29.5 Å². The second kappa shape index (κ2) is 11.6. The van der Waals surface area contributed by atoms with Gasteiger partial charge >= 0.3 is 0 Å². The standard InChI is InChI=1S/C21H30N6.2ClH/c1-18-19(17-24-27(18)21-22-10-6-11-23-21)7-5-12-25-15-8-20(9-16-25)26-13-3-2-4-14-26;;/h5-7,10-11,17,20H,2-4,8-9,12-16H2,1H3;2*1H. The first-order chi connectivity index (χ1) is 13.3. The highest BCUT2D eigenvalue weighted by atomic mass is 35.5. The molecule has 2 fully saturated rings. The molecule has 0 amide bonds. The molecule has 0 aliphatic carbocycles. The average molecular weight is 439 g/mol. The second-order valence-electron chi connectivity index (χ2n) is 7.68. The number of nitrogens with zero attached hydrogens (tertiary/aromatic N) is 6. The Morgan fingerprint density at radius 3 is 2.38 bits per heavy atom. The zero-order chi connectivity index (χ0) is 18.5. The fourth-order valence-electron chi connectivity index (χ4n) is 4.27. The number of halogens is 2. The van der Waals surface area contributed by atoms with E-state index in [1.807, 2.05) is 12.3 Å². The van der Waals surface area contributed by atoms with E-state index in [4.69, 9.17) is 0 Å². The van der Waals surface area contributed by atoms with Gasteiger partial charge in [-0.25, -0.2) is 14.6 Å². The number of piperidine rings is 2. The van der Waals surface area contributed by atoms with Crippen LogP contribution < -0.4 is 0 Å². The van der Waals surface area contributed by atoms with Gasteiger partial charge in [-0.2, -0.15) is 5.10 Å². The summed E-state index contributed by atoms with van der Waals surface area (Å²) in [5, 5.41) is 4.43. The van der Waals surface area contributed by atoms with Crippen LogP contribution in [0.3, 0.4) is 0 Å². The maximum absolute atomic E-state index is 4.43. The maximum Gasteiger partial charge on any atom is 0.250 e. The van der Waals surface area contributed by atoms with E-state index in [9.17, 15) is 0 Å². The van der Waals surface area contributed by atoms with E-state index in [1.54, 1.807) is 17.1 Å². The Kier molecular flexibility index (Phi) is 9.56. The third-order valence-electron chi connectivity index (χ3n) is 5.91. The van der Waals surface area contributed by atoms with Gasteiger partial charge in [0.05, 0.1) is 11.9 Å². The maximum atomic E-state index is 4.43. The van der Waals surface area contributed by atoms with Crippen molar-refractivity contribution >= 4 is 30.9 Å². The zero-order valence-electron chi connectivity index (χ0n) is 17.1. The van der Waals surface area contributed by atoms with E-state index >= 15 is 0 Å². The van der Waals surface area contributed by atoms with Crippen molar-refractivity contribution in [2.75, 3.05) is 32.7 Å².